The normalized spacial score (nSPS) is 10.8. The Bertz CT molecular complexity index is 1220. The molecule has 0 bridgehead atoms. The van der Waals surface area contributed by atoms with Crippen molar-refractivity contribution in [1.82, 2.24) is 14.9 Å². The van der Waals surface area contributed by atoms with E-state index in [1.807, 2.05) is 0 Å². The quantitative estimate of drug-likeness (QED) is 0.477. The predicted molar refractivity (Wildman–Crippen MR) is 108 cm³/mol. The van der Waals surface area contributed by atoms with E-state index in [1.165, 1.54) is 35.1 Å². The molecule has 0 aliphatic carbocycles. The first-order valence-electron chi connectivity index (χ1n) is 9.40. The van der Waals surface area contributed by atoms with Crippen LogP contribution in [-0.4, -0.2) is 20.8 Å². The Balaban J connectivity index is 1.58. The van der Waals surface area contributed by atoms with E-state index < -0.39 is 11.7 Å². The molecule has 1 amide bonds. The second-order valence-corrected chi connectivity index (χ2v) is 6.87. The minimum absolute atomic E-state index is 0.0120. The van der Waals surface area contributed by atoms with Crippen LogP contribution in [-0.2, 0) is 13.2 Å². The first-order valence-corrected chi connectivity index (χ1v) is 9.40. The Morgan fingerprint density at radius 1 is 1.10 bits per heavy atom. The van der Waals surface area contributed by atoms with Crippen LogP contribution in [0.1, 0.15) is 27.2 Å². The molecule has 4 rings (SSSR count). The zero-order chi connectivity index (χ0) is 21.8. The molecule has 0 saturated heterocycles. The Kier molecular flexibility index (Phi) is 5.74. The van der Waals surface area contributed by atoms with E-state index in [9.17, 15) is 13.6 Å². The van der Waals surface area contributed by atoms with Gasteiger partial charge in [0.25, 0.3) is 5.91 Å². The monoisotopic (exact) mass is 424 g/mol. The van der Waals surface area contributed by atoms with E-state index in [0.717, 1.165) is 0 Å². The SMILES string of the molecule is Cc1cc(NC(=O)c2cn(Cc3cccc(F)c3)nc2OCc2cccc(F)c2)no1. The van der Waals surface area contributed by atoms with Gasteiger partial charge in [-0.15, -0.1) is 5.10 Å². The second-order valence-electron chi connectivity index (χ2n) is 6.87. The molecule has 31 heavy (non-hydrogen) atoms. The summed E-state index contributed by atoms with van der Waals surface area (Å²) in [5.74, 6) is -0.425. The number of nitrogens with zero attached hydrogens (tertiary/aromatic N) is 3. The zero-order valence-corrected chi connectivity index (χ0v) is 16.5. The fraction of sp³-hybridized carbons (Fsp3) is 0.136. The Labute approximate surface area is 176 Å². The van der Waals surface area contributed by atoms with E-state index >= 15 is 0 Å². The van der Waals surface area contributed by atoms with Crippen LogP contribution in [0, 0.1) is 18.6 Å². The van der Waals surface area contributed by atoms with Crippen LogP contribution in [0.3, 0.4) is 0 Å². The summed E-state index contributed by atoms with van der Waals surface area (Å²) >= 11 is 0. The molecular weight excluding hydrogens is 406 g/mol. The number of carbonyl (C=O) groups is 1. The topological polar surface area (TPSA) is 82.2 Å². The molecule has 0 fully saturated rings. The number of halogens is 2. The highest BCUT2D eigenvalue weighted by Crippen LogP contribution is 2.21. The lowest BCUT2D eigenvalue weighted by Crippen LogP contribution is -2.13. The van der Waals surface area contributed by atoms with Crippen LogP contribution in [0.4, 0.5) is 14.6 Å². The third-order valence-corrected chi connectivity index (χ3v) is 4.34. The smallest absolute Gasteiger partial charge is 0.264 e. The maximum Gasteiger partial charge on any atom is 0.264 e. The third kappa shape index (κ3) is 5.13. The number of rotatable bonds is 7. The molecule has 4 aromatic rings. The summed E-state index contributed by atoms with van der Waals surface area (Å²) in [4.78, 5) is 12.8. The number of amides is 1. The summed E-state index contributed by atoms with van der Waals surface area (Å²) in [6.07, 6.45) is 1.49. The van der Waals surface area contributed by atoms with Crippen LogP contribution in [0.15, 0.2) is 65.3 Å². The Morgan fingerprint density at radius 2 is 1.81 bits per heavy atom. The van der Waals surface area contributed by atoms with Crippen molar-refractivity contribution in [3.63, 3.8) is 0 Å². The lowest BCUT2D eigenvalue weighted by atomic mass is 10.2. The van der Waals surface area contributed by atoms with Gasteiger partial charge in [0, 0.05) is 12.3 Å². The molecule has 0 unspecified atom stereocenters. The third-order valence-electron chi connectivity index (χ3n) is 4.34. The largest absolute Gasteiger partial charge is 0.471 e. The predicted octanol–water partition coefficient (Wildman–Crippen LogP) is 4.34. The highest BCUT2D eigenvalue weighted by molar-refractivity contribution is 6.05. The number of aromatic nitrogens is 3. The van der Waals surface area contributed by atoms with Gasteiger partial charge in [-0.3, -0.25) is 9.48 Å². The fourth-order valence-corrected chi connectivity index (χ4v) is 2.96. The molecule has 2 aromatic heterocycles. The molecule has 0 aliphatic heterocycles. The van der Waals surface area contributed by atoms with Crippen LogP contribution in [0.2, 0.25) is 0 Å². The first-order chi connectivity index (χ1) is 15.0. The first kappa shape index (κ1) is 20.3. The van der Waals surface area contributed by atoms with E-state index in [-0.39, 0.29) is 36.2 Å². The number of hydrogen-bond donors (Lipinski definition) is 1. The molecule has 9 heteroatoms. The van der Waals surface area contributed by atoms with Gasteiger partial charge in [0.05, 0.1) is 6.54 Å². The van der Waals surface area contributed by atoms with Gasteiger partial charge < -0.3 is 14.6 Å². The number of benzene rings is 2. The molecular formula is C22H18F2N4O3. The number of aryl methyl sites for hydroxylation is 1. The number of carbonyl (C=O) groups excluding carboxylic acids is 1. The van der Waals surface area contributed by atoms with Crippen LogP contribution in [0.25, 0.3) is 0 Å². The Morgan fingerprint density at radius 3 is 2.48 bits per heavy atom. The molecule has 0 saturated carbocycles. The lowest BCUT2D eigenvalue weighted by molar-refractivity contribution is 0.102. The van der Waals surface area contributed by atoms with Crippen molar-refractivity contribution >= 4 is 11.7 Å². The molecule has 0 aliphatic rings. The van der Waals surface area contributed by atoms with Gasteiger partial charge in [0.1, 0.15) is 29.6 Å². The summed E-state index contributed by atoms with van der Waals surface area (Å²) in [5.41, 5.74) is 1.39. The molecule has 0 spiro atoms. The van der Waals surface area contributed by atoms with Gasteiger partial charge in [0.15, 0.2) is 5.82 Å². The van der Waals surface area contributed by atoms with E-state index in [4.69, 9.17) is 9.26 Å². The molecule has 1 N–H and O–H groups in total. The van der Waals surface area contributed by atoms with Crippen molar-refractivity contribution < 1.29 is 22.8 Å². The minimum atomic E-state index is -0.506. The van der Waals surface area contributed by atoms with Crippen molar-refractivity contribution in [2.45, 2.75) is 20.1 Å². The second kappa shape index (κ2) is 8.78. The summed E-state index contributed by atoms with van der Waals surface area (Å²) in [6.45, 7) is 1.94. The van der Waals surface area contributed by atoms with Crippen LogP contribution in [0.5, 0.6) is 5.88 Å². The zero-order valence-electron chi connectivity index (χ0n) is 16.5. The number of hydrogen-bond acceptors (Lipinski definition) is 5. The average molecular weight is 424 g/mol. The average Bonchev–Trinajstić information content (AvgIpc) is 3.32. The number of anilines is 1. The molecule has 158 valence electrons. The summed E-state index contributed by atoms with van der Waals surface area (Å²) in [5, 5.41) is 10.7. The maximum absolute atomic E-state index is 13.5. The molecule has 2 heterocycles. The fourth-order valence-electron chi connectivity index (χ4n) is 2.96. The van der Waals surface area contributed by atoms with Gasteiger partial charge in [0.2, 0.25) is 5.88 Å². The minimum Gasteiger partial charge on any atom is -0.471 e. The van der Waals surface area contributed by atoms with Crippen LogP contribution >= 0.6 is 0 Å². The summed E-state index contributed by atoms with van der Waals surface area (Å²) < 4.78 is 39.1. The molecule has 0 radical (unpaired) electrons. The van der Waals surface area contributed by atoms with E-state index in [1.54, 1.807) is 37.3 Å². The van der Waals surface area contributed by atoms with Crippen molar-refractivity contribution in [3.8, 4) is 5.88 Å². The lowest BCUT2D eigenvalue weighted by Gasteiger charge is -2.06. The maximum atomic E-state index is 13.5. The van der Waals surface area contributed by atoms with Crippen molar-refractivity contribution in [2.75, 3.05) is 5.32 Å². The van der Waals surface area contributed by atoms with Crippen molar-refractivity contribution in [3.05, 3.63) is 94.9 Å². The molecule has 7 nitrogen and oxygen atoms in total. The highest BCUT2D eigenvalue weighted by atomic mass is 19.1. The summed E-state index contributed by atoms with van der Waals surface area (Å²) in [7, 11) is 0. The van der Waals surface area contributed by atoms with Gasteiger partial charge in [-0.2, -0.15) is 0 Å². The Hall–Kier alpha value is -4.01. The molecule has 2 aromatic carbocycles. The van der Waals surface area contributed by atoms with Gasteiger partial charge in [-0.25, -0.2) is 8.78 Å². The number of nitrogens with one attached hydrogen (secondary N) is 1. The van der Waals surface area contributed by atoms with Gasteiger partial charge >= 0.3 is 0 Å². The van der Waals surface area contributed by atoms with Gasteiger partial charge in [-0.1, -0.05) is 29.4 Å². The van der Waals surface area contributed by atoms with E-state index in [2.05, 4.69) is 15.6 Å². The van der Waals surface area contributed by atoms with Gasteiger partial charge in [-0.05, 0) is 42.3 Å². The van der Waals surface area contributed by atoms with E-state index in [0.29, 0.717) is 16.9 Å². The highest BCUT2D eigenvalue weighted by Gasteiger charge is 2.20. The van der Waals surface area contributed by atoms with Crippen molar-refractivity contribution in [1.29, 1.82) is 0 Å². The number of ether oxygens (including phenoxy) is 1. The summed E-state index contributed by atoms with van der Waals surface area (Å²) in [6, 6.07) is 13.6. The molecule has 0 atom stereocenters. The van der Waals surface area contributed by atoms with Crippen LogP contribution < -0.4 is 10.1 Å². The van der Waals surface area contributed by atoms with Crippen molar-refractivity contribution in [2.24, 2.45) is 0 Å². The standard InChI is InChI=1S/C22H18F2N4O3/c1-14-8-20(27-31-14)25-21(29)19-12-28(11-15-4-2-6-17(23)9-15)26-22(19)30-13-16-5-3-7-18(24)10-16/h2-10,12H,11,13H2,1H3,(H,25,27,29).